The van der Waals surface area contributed by atoms with Gasteiger partial charge in [0.15, 0.2) is 0 Å². The molecule has 104 valence electrons. The third-order valence-electron chi connectivity index (χ3n) is 4.48. The Kier molecular flexibility index (Phi) is 3.62. The van der Waals surface area contributed by atoms with Crippen molar-refractivity contribution in [2.45, 2.75) is 45.1 Å². The summed E-state index contributed by atoms with van der Waals surface area (Å²) in [6.07, 6.45) is 3.65. The summed E-state index contributed by atoms with van der Waals surface area (Å²) in [4.78, 5) is 0. The molecular formula is C19H23N. The van der Waals surface area contributed by atoms with Crippen LogP contribution in [0.1, 0.15) is 52.6 Å². The Morgan fingerprint density at radius 3 is 2.50 bits per heavy atom. The Labute approximate surface area is 121 Å². The lowest BCUT2D eigenvalue weighted by Gasteiger charge is -2.30. The molecule has 0 spiro atoms. The summed E-state index contributed by atoms with van der Waals surface area (Å²) in [6, 6.07) is 15.6. The van der Waals surface area contributed by atoms with Crippen LogP contribution >= 0.6 is 0 Å². The fraction of sp³-hybridized carbons (Fsp3) is 0.368. The van der Waals surface area contributed by atoms with Crippen LogP contribution in [0, 0.1) is 13.8 Å². The lowest BCUT2D eigenvalue weighted by atomic mass is 9.77. The molecule has 1 nitrogen and oxygen atoms in total. The second kappa shape index (κ2) is 5.41. The van der Waals surface area contributed by atoms with Crippen molar-refractivity contribution in [3.05, 3.63) is 70.3 Å². The number of fused-ring (bicyclic) bond motifs is 1. The Morgan fingerprint density at radius 2 is 1.75 bits per heavy atom. The molecule has 0 saturated heterocycles. The summed E-state index contributed by atoms with van der Waals surface area (Å²) < 4.78 is 0. The molecule has 2 aromatic rings. The second-order valence-corrected chi connectivity index (χ2v) is 6.14. The van der Waals surface area contributed by atoms with Gasteiger partial charge in [-0.15, -0.1) is 0 Å². The first-order valence-corrected chi connectivity index (χ1v) is 7.57. The van der Waals surface area contributed by atoms with Gasteiger partial charge in [0.2, 0.25) is 0 Å². The van der Waals surface area contributed by atoms with Gasteiger partial charge in [-0.1, -0.05) is 53.6 Å². The summed E-state index contributed by atoms with van der Waals surface area (Å²) >= 11 is 0. The van der Waals surface area contributed by atoms with Gasteiger partial charge < -0.3 is 5.73 Å². The van der Waals surface area contributed by atoms with E-state index in [-0.39, 0.29) is 6.04 Å². The maximum Gasteiger partial charge on any atom is 0.0364 e. The van der Waals surface area contributed by atoms with Crippen molar-refractivity contribution in [2.24, 2.45) is 5.73 Å². The minimum absolute atomic E-state index is 0.107. The van der Waals surface area contributed by atoms with Gasteiger partial charge in [0.1, 0.15) is 0 Å². The topological polar surface area (TPSA) is 26.0 Å². The van der Waals surface area contributed by atoms with Gasteiger partial charge in [-0.05, 0) is 49.8 Å². The number of aryl methyl sites for hydroxylation is 3. The SMILES string of the molecule is Cc1cc(C)cc(C(N)C2CCCc3ccccc32)c1. The highest BCUT2D eigenvalue weighted by atomic mass is 14.7. The molecule has 3 rings (SSSR count). The van der Waals surface area contributed by atoms with Crippen LogP contribution in [0.5, 0.6) is 0 Å². The van der Waals surface area contributed by atoms with Crippen molar-refractivity contribution in [1.82, 2.24) is 0 Å². The molecule has 0 aromatic heterocycles. The smallest absolute Gasteiger partial charge is 0.0364 e. The largest absolute Gasteiger partial charge is 0.323 e. The molecule has 0 fully saturated rings. The standard InChI is InChI=1S/C19H23N/c1-13-10-14(2)12-16(11-13)19(20)18-9-5-7-15-6-3-4-8-17(15)18/h3-4,6,8,10-12,18-19H,5,7,9,20H2,1-2H3. The maximum atomic E-state index is 6.62. The molecular weight excluding hydrogens is 242 g/mol. The molecule has 1 aliphatic carbocycles. The number of rotatable bonds is 2. The van der Waals surface area contributed by atoms with Crippen molar-refractivity contribution >= 4 is 0 Å². The van der Waals surface area contributed by atoms with E-state index >= 15 is 0 Å². The normalized spacial score (nSPS) is 19.4. The van der Waals surface area contributed by atoms with Crippen LogP contribution in [0.2, 0.25) is 0 Å². The zero-order valence-electron chi connectivity index (χ0n) is 12.4. The zero-order valence-corrected chi connectivity index (χ0v) is 12.4. The van der Waals surface area contributed by atoms with E-state index in [1.54, 1.807) is 0 Å². The van der Waals surface area contributed by atoms with E-state index in [0.29, 0.717) is 5.92 Å². The zero-order chi connectivity index (χ0) is 14.1. The summed E-state index contributed by atoms with van der Waals surface area (Å²) in [5.74, 6) is 0.459. The fourth-order valence-corrected chi connectivity index (χ4v) is 3.60. The summed E-state index contributed by atoms with van der Waals surface area (Å²) in [7, 11) is 0. The molecule has 2 unspecified atom stereocenters. The number of nitrogens with two attached hydrogens (primary N) is 1. The van der Waals surface area contributed by atoms with Crippen LogP contribution in [0.3, 0.4) is 0 Å². The van der Waals surface area contributed by atoms with Gasteiger partial charge in [0.25, 0.3) is 0 Å². The van der Waals surface area contributed by atoms with E-state index in [9.17, 15) is 0 Å². The van der Waals surface area contributed by atoms with Gasteiger partial charge in [-0.25, -0.2) is 0 Å². The molecule has 0 bridgehead atoms. The average molecular weight is 265 g/mol. The van der Waals surface area contributed by atoms with Crippen molar-refractivity contribution in [3.8, 4) is 0 Å². The predicted molar refractivity (Wildman–Crippen MR) is 85.0 cm³/mol. The Hall–Kier alpha value is -1.60. The molecule has 0 radical (unpaired) electrons. The lowest BCUT2D eigenvalue weighted by Crippen LogP contribution is -2.23. The van der Waals surface area contributed by atoms with E-state index in [2.05, 4.69) is 56.3 Å². The van der Waals surface area contributed by atoms with Gasteiger partial charge in [0, 0.05) is 12.0 Å². The van der Waals surface area contributed by atoms with E-state index in [4.69, 9.17) is 5.73 Å². The highest BCUT2D eigenvalue weighted by molar-refractivity contribution is 5.38. The minimum Gasteiger partial charge on any atom is -0.323 e. The van der Waals surface area contributed by atoms with Crippen LogP contribution in [-0.4, -0.2) is 0 Å². The highest BCUT2D eigenvalue weighted by Crippen LogP contribution is 2.39. The first-order valence-electron chi connectivity index (χ1n) is 7.57. The van der Waals surface area contributed by atoms with Gasteiger partial charge in [-0.3, -0.25) is 0 Å². The third kappa shape index (κ3) is 2.51. The van der Waals surface area contributed by atoms with Gasteiger partial charge in [0.05, 0.1) is 0 Å². The summed E-state index contributed by atoms with van der Waals surface area (Å²) in [6.45, 7) is 4.30. The number of hydrogen-bond donors (Lipinski definition) is 1. The summed E-state index contributed by atoms with van der Waals surface area (Å²) in [5.41, 5.74) is 13.5. The molecule has 2 N–H and O–H groups in total. The van der Waals surface area contributed by atoms with Gasteiger partial charge >= 0.3 is 0 Å². The van der Waals surface area contributed by atoms with Gasteiger partial charge in [-0.2, -0.15) is 0 Å². The van der Waals surface area contributed by atoms with Crippen molar-refractivity contribution < 1.29 is 0 Å². The van der Waals surface area contributed by atoms with Crippen LogP contribution in [0.25, 0.3) is 0 Å². The van der Waals surface area contributed by atoms with Crippen LogP contribution in [0.4, 0.5) is 0 Å². The minimum atomic E-state index is 0.107. The number of benzene rings is 2. The number of hydrogen-bond acceptors (Lipinski definition) is 1. The van der Waals surface area contributed by atoms with E-state index in [1.165, 1.54) is 47.1 Å². The fourth-order valence-electron chi connectivity index (χ4n) is 3.60. The Bertz CT molecular complexity index is 595. The van der Waals surface area contributed by atoms with Crippen LogP contribution < -0.4 is 5.73 Å². The lowest BCUT2D eigenvalue weighted by molar-refractivity contribution is 0.474. The molecule has 2 atom stereocenters. The Morgan fingerprint density at radius 1 is 1.05 bits per heavy atom. The third-order valence-corrected chi connectivity index (χ3v) is 4.48. The van der Waals surface area contributed by atoms with Crippen LogP contribution in [-0.2, 0) is 6.42 Å². The monoisotopic (exact) mass is 265 g/mol. The molecule has 0 saturated carbocycles. The molecule has 0 aliphatic heterocycles. The molecule has 0 amide bonds. The second-order valence-electron chi connectivity index (χ2n) is 6.14. The van der Waals surface area contributed by atoms with Crippen molar-refractivity contribution in [1.29, 1.82) is 0 Å². The molecule has 0 heterocycles. The predicted octanol–water partition coefficient (Wildman–Crippen LogP) is 4.42. The molecule has 1 aliphatic rings. The average Bonchev–Trinajstić information content (AvgIpc) is 2.45. The molecule has 2 aromatic carbocycles. The highest BCUT2D eigenvalue weighted by Gasteiger charge is 2.26. The van der Waals surface area contributed by atoms with Crippen molar-refractivity contribution in [3.63, 3.8) is 0 Å². The van der Waals surface area contributed by atoms with E-state index in [0.717, 1.165) is 0 Å². The molecule has 20 heavy (non-hydrogen) atoms. The Balaban J connectivity index is 1.97. The van der Waals surface area contributed by atoms with E-state index < -0.39 is 0 Å². The van der Waals surface area contributed by atoms with E-state index in [1.807, 2.05) is 0 Å². The first kappa shape index (κ1) is 13.4. The van der Waals surface area contributed by atoms with Crippen molar-refractivity contribution in [2.75, 3.05) is 0 Å². The summed E-state index contributed by atoms with van der Waals surface area (Å²) in [5, 5.41) is 0. The molecule has 1 heteroatoms. The first-order chi connectivity index (χ1) is 9.65. The van der Waals surface area contributed by atoms with Crippen LogP contribution in [0.15, 0.2) is 42.5 Å². The quantitative estimate of drug-likeness (QED) is 0.854. The maximum absolute atomic E-state index is 6.62.